The number of aryl methyl sites for hydroxylation is 2. The molecule has 0 radical (unpaired) electrons. The van der Waals surface area contributed by atoms with Crippen LogP contribution in [0.4, 0.5) is 4.39 Å². The monoisotopic (exact) mass is 237 g/mol. The predicted molar refractivity (Wildman–Crippen MR) is 71.8 cm³/mol. The van der Waals surface area contributed by atoms with Crippen LogP contribution in [0.1, 0.15) is 56.2 Å². The average Bonchev–Trinajstić information content (AvgIpc) is 2.22. The van der Waals surface area contributed by atoms with Crippen LogP contribution in [0.3, 0.4) is 0 Å². The van der Waals surface area contributed by atoms with Crippen molar-refractivity contribution in [3.63, 3.8) is 0 Å². The first-order chi connectivity index (χ1) is 7.91. The highest BCUT2D eigenvalue weighted by Gasteiger charge is 2.11. The third-order valence-electron chi connectivity index (χ3n) is 3.09. The minimum Gasteiger partial charge on any atom is -0.328 e. The molecule has 0 unspecified atom stereocenters. The van der Waals surface area contributed by atoms with Gasteiger partial charge in [-0.3, -0.25) is 0 Å². The summed E-state index contributed by atoms with van der Waals surface area (Å²) in [5, 5.41) is 0. The standard InChI is InChI=1S/C15H24FN/c1-10(2)14-9-13(7-5-6-12(4)17)8-11(3)15(14)16/h8-10,12H,5-7,17H2,1-4H3/t12-/m0/s1. The molecule has 1 rings (SSSR count). The van der Waals surface area contributed by atoms with Crippen molar-refractivity contribution in [2.24, 2.45) is 5.73 Å². The van der Waals surface area contributed by atoms with Crippen LogP contribution in [-0.2, 0) is 6.42 Å². The van der Waals surface area contributed by atoms with Gasteiger partial charge in [0.1, 0.15) is 5.82 Å². The molecule has 1 aromatic rings. The Balaban J connectivity index is 2.80. The summed E-state index contributed by atoms with van der Waals surface area (Å²) in [6.45, 7) is 7.93. The molecule has 1 aromatic carbocycles. The molecule has 2 N–H and O–H groups in total. The minimum atomic E-state index is -0.0454. The van der Waals surface area contributed by atoms with Gasteiger partial charge in [0, 0.05) is 6.04 Å². The summed E-state index contributed by atoms with van der Waals surface area (Å²) in [7, 11) is 0. The third kappa shape index (κ3) is 4.12. The maximum atomic E-state index is 13.9. The molecule has 0 aromatic heterocycles. The number of rotatable bonds is 5. The average molecular weight is 237 g/mol. The normalized spacial score (nSPS) is 13.1. The molecule has 1 atom stereocenters. The van der Waals surface area contributed by atoms with Crippen molar-refractivity contribution in [3.8, 4) is 0 Å². The van der Waals surface area contributed by atoms with E-state index in [2.05, 4.69) is 0 Å². The molecule has 96 valence electrons. The van der Waals surface area contributed by atoms with Gasteiger partial charge in [-0.15, -0.1) is 0 Å². The molecule has 0 amide bonds. The van der Waals surface area contributed by atoms with Crippen LogP contribution in [0.25, 0.3) is 0 Å². The molecule has 0 saturated carbocycles. The lowest BCUT2D eigenvalue weighted by Gasteiger charge is -2.13. The van der Waals surface area contributed by atoms with E-state index in [9.17, 15) is 4.39 Å². The number of nitrogens with two attached hydrogens (primary N) is 1. The Morgan fingerprint density at radius 3 is 2.41 bits per heavy atom. The van der Waals surface area contributed by atoms with Gasteiger partial charge >= 0.3 is 0 Å². The van der Waals surface area contributed by atoms with Gasteiger partial charge in [-0.2, -0.15) is 0 Å². The maximum Gasteiger partial charge on any atom is 0.129 e. The lowest BCUT2D eigenvalue weighted by molar-refractivity contribution is 0.585. The molecule has 0 bridgehead atoms. The Morgan fingerprint density at radius 2 is 1.88 bits per heavy atom. The van der Waals surface area contributed by atoms with Crippen LogP contribution >= 0.6 is 0 Å². The van der Waals surface area contributed by atoms with Gasteiger partial charge in [-0.1, -0.05) is 26.0 Å². The quantitative estimate of drug-likeness (QED) is 0.825. The number of halogens is 1. The zero-order chi connectivity index (χ0) is 13.0. The van der Waals surface area contributed by atoms with Crippen molar-refractivity contribution < 1.29 is 4.39 Å². The van der Waals surface area contributed by atoms with Crippen LogP contribution in [0, 0.1) is 12.7 Å². The highest BCUT2D eigenvalue weighted by atomic mass is 19.1. The molecule has 0 aliphatic heterocycles. The van der Waals surface area contributed by atoms with E-state index in [0.717, 1.165) is 30.4 Å². The van der Waals surface area contributed by atoms with E-state index in [4.69, 9.17) is 5.73 Å². The summed E-state index contributed by atoms with van der Waals surface area (Å²) in [5.74, 6) is 0.193. The van der Waals surface area contributed by atoms with E-state index in [1.807, 2.05) is 39.8 Å². The number of hydrogen-bond donors (Lipinski definition) is 1. The summed E-state index contributed by atoms with van der Waals surface area (Å²) in [4.78, 5) is 0. The summed E-state index contributed by atoms with van der Waals surface area (Å²) < 4.78 is 13.9. The smallest absolute Gasteiger partial charge is 0.129 e. The first-order valence-corrected chi connectivity index (χ1v) is 6.46. The molecule has 0 aliphatic carbocycles. The van der Waals surface area contributed by atoms with Crippen molar-refractivity contribution in [1.82, 2.24) is 0 Å². The molecule has 0 heterocycles. The molecule has 1 nitrogen and oxygen atoms in total. The summed E-state index contributed by atoms with van der Waals surface area (Å²) in [5.41, 5.74) is 8.55. The van der Waals surface area contributed by atoms with E-state index >= 15 is 0 Å². The number of hydrogen-bond acceptors (Lipinski definition) is 1. The summed E-state index contributed by atoms with van der Waals surface area (Å²) in [6, 6.07) is 4.22. The second-order valence-electron chi connectivity index (χ2n) is 5.34. The summed E-state index contributed by atoms with van der Waals surface area (Å²) >= 11 is 0. The van der Waals surface area contributed by atoms with E-state index in [1.54, 1.807) is 0 Å². The van der Waals surface area contributed by atoms with E-state index < -0.39 is 0 Å². The largest absolute Gasteiger partial charge is 0.328 e. The molecule has 0 aliphatic rings. The van der Waals surface area contributed by atoms with Crippen LogP contribution in [0.2, 0.25) is 0 Å². The molecule has 2 heteroatoms. The topological polar surface area (TPSA) is 26.0 Å². The van der Waals surface area contributed by atoms with Crippen LogP contribution in [-0.4, -0.2) is 6.04 Å². The summed E-state index contributed by atoms with van der Waals surface area (Å²) in [6.07, 6.45) is 3.08. The predicted octanol–water partition coefficient (Wildman–Crippen LogP) is 3.93. The van der Waals surface area contributed by atoms with E-state index in [-0.39, 0.29) is 17.8 Å². The maximum absolute atomic E-state index is 13.9. The second kappa shape index (κ2) is 6.15. The third-order valence-corrected chi connectivity index (χ3v) is 3.09. The first-order valence-electron chi connectivity index (χ1n) is 6.46. The van der Waals surface area contributed by atoms with Crippen molar-refractivity contribution >= 4 is 0 Å². The van der Waals surface area contributed by atoms with Gasteiger partial charge in [0.2, 0.25) is 0 Å². The SMILES string of the molecule is Cc1cc(CCC[C@H](C)N)cc(C(C)C)c1F. The molecule has 0 fully saturated rings. The second-order valence-corrected chi connectivity index (χ2v) is 5.34. The Bertz CT molecular complexity index is 369. The van der Waals surface area contributed by atoms with Gasteiger partial charge in [0.05, 0.1) is 0 Å². The van der Waals surface area contributed by atoms with E-state index in [1.165, 1.54) is 5.56 Å². The Labute approximate surface area is 104 Å². The highest BCUT2D eigenvalue weighted by molar-refractivity contribution is 5.33. The minimum absolute atomic E-state index is 0.0454. The Hall–Kier alpha value is -0.890. The van der Waals surface area contributed by atoms with Gasteiger partial charge in [0.25, 0.3) is 0 Å². The molecule has 17 heavy (non-hydrogen) atoms. The van der Waals surface area contributed by atoms with Gasteiger partial charge < -0.3 is 5.73 Å². The van der Waals surface area contributed by atoms with Crippen molar-refractivity contribution in [2.75, 3.05) is 0 Å². The molecule has 0 spiro atoms. The fourth-order valence-electron chi connectivity index (χ4n) is 2.07. The molecular formula is C15H24FN. The van der Waals surface area contributed by atoms with Gasteiger partial charge in [0.15, 0.2) is 0 Å². The zero-order valence-corrected chi connectivity index (χ0v) is 11.4. The first kappa shape index (κ1) is 14.2. The van der Waals surface area contributed by atoms with E-state index in [0.29, 0.717) is 0 Å². The Morgan fingerprint density at radius 1 is 1.24 bits per heavy atom. The zero-order valence-electron chi connectivity index (χ0n) is 11.4. The fraction of sp³-hybridized carbons (Fsp3) is 0.600. The van der Waals surface area contributed by atoms with Crippen molar-refractivity contribution in [2.45, 2.75) is 58.9 Å². The van der Waals surface area contributed by atoms with Crippen LogP contribution in [0.15, 0.2) is 12.1 Å². The lowest BCUT2D eigenvalue weighted by Crippen LogP contribution is -2.14. The molecule has 0 saturated heterocycles. The van der Waals surface area contributed by atoms with Crippen LogP contribution in [0.5, 0.6) is 0 Å². The Kier molecular flexibility index (Phi) is 5.13. The van der Waals surface area contributed by atoms with Gasteiger partial charge in [-0.05, 0) is 55.7 Å². The lowest BCUT2D eigenvalue weighted by atomic mass is 9.95. The van der Waals surface area contributed by atoms with Gasteiger partial charge in [-0.25, -0.2) is 4.39 Å². The van der Waals surface area contributed by atoms with Crippen LogP contribution < -0.4 is 5.73 Å². The number of benzene rings is 1. The van der Waals surface area contributed by atoms with Crippen molar-refractivity contribution in [1.29, 1.82) is 0 Å². The molecular weight excluding hydrogens is 213 g/mol. The fourth-order valence-corrected chi connectivity index (χ4v) is 2.07. The van der Waals surface area contributed by atoms with Crippen molar-refractivity contribution in [3.05, 3.63) is 34.6 Å². The highest BCUT2D eigenvalue weighted by Crippen LogP contribution is 2.23.